The third-order valence-corrected chi connectivity index (χ3v) is 3.87. The maximum atomic E-state index is 12.4. The molecule has 1 amide bonds. The van der Waals surface area contributed by atoms with Gasteiger partial charge in [0.15, 0.2) is 0 Å². The monoisotopic (exact) mass is 328 g/mol. The fraction of sp³-hybridized carbons (Fsp3) is 0. The zero-order valence-corrected chi connectivity index (χ0v) is 13.4. The van der Waals surface area contributed by atoms with Gasteiger partial charge in [0.05, 0.1) is 0 Å². The van der Waals surface area contributed by atoms with Crippen molar-refractivity contribution in [2.75, 3.05) is 5.32 Å². The molecule has 0 atom stereocenters. The fourth-order valence-corrected chi connectivity index (χ4v) is 2.63. The summed E-state index contributed by atoms with van der Waals surface area (Å²) < 4.78 is 5.74. The normalized spacial score (nSPS) is 10.6. The van der Waals surface area contributed by atoms with E-state index >= 15 is 0 Å². The molecule has 4 nitrogen and oxygen atoms in total. The molecule has 0 aliphatic heterocycles. The molecule has 0 spiro atoms. The van der Waals surface area contributed by atoms with Crippen LogP contribution in [0.15, 0.2) is 84.9 Å². The number of rotatable bonds is 4. The number of carbonyl (C=O) groups is 1. The summed E-state index contributed by atoms with van der Waals surface area (Å²) >= 11 is 0. The van der Waals surface area contributed by atoms with Gasteiger partial charge in [0.2, 0.25) is 0 Å². The Balaban J connectivity index is 1.46. The first kappa shape index (κ1) is 15.0. The lowest BCUT2D eigenvalue weighted by atomic mass is 10.2. The third kappa shape index (κ3) is 3.38. The lowest BCUT2D eigenvalue weighted by Gasteiger charge is -2.07. The summed E-state index contributed by atoms with van der Waals surface area (Å²) in [5.74, 6) is 1.32. The van der Waals surface area contributed by atoms with Crippen LogP contribution in [-0.2, 0) is 0 Å². The molecule has 1 aromatic heterocycles. The number of hydrogen-bond acceptors (Lipinski definition) is 2. The number of amides is 1. The molecule has 0 saturated heterocycles. The molecule has 4 aromatic rings. The van der Waals surface area contributed by atoms with E-state index in [4.69, 9.17) is 4.74 Å². The van der Waals surface area contributed by atoms with Crippen LogP contribution < -0.4 is 10.1 Å². The summed E-state index contributed by atoms with van der Waals surface area (Å²) in [6, 6.07) is 26.5. The minimum Gasteiger partial charge on any atom is -0.457 e. The molecule has 1 heterocycles. The quantitative estimate of drug-likeness (QED) is 0.540. The molecule has 4 rings (SSSR count). The van der Waals surface area contributed by atoms with Gasteiger partial charge in [-0.15, -0.1) is 0 Å². The Labute approximate surface area is 145 Å². The van der Waals surface area contributed by atoms with Gasteiger partial charge in [-0.25, -0.2) is 0 Å². The largest absolute Gasteiger partial charge is 0.457 e. The lowest BCUT2D eigenvalue weighted by molar-refractivity contribution is 0.102. The summed E-state index contributed by atoms with van der Waals surface area (Å²) in [5, 5.41) is 3.90. The van der Waals surface area contributed by atoms with Crippen LogP contribution in [0.1, 0.15) is 10.5 Å². The minimum atomic E-state index is -0.173. The van der Waals surface area contributed by atoms with Crippen LogP contribution in [0, 0.1) is 0 Å². The molecule has 2 N–H and O–H groups in total. The predicted molar refractivity (Wildman–Crippen MR) is 99.2 cm³/mol. The highest BCUT2D eigenvalue weighted by Crippen LogP contribution is 2.23. The number of fused-ring (bicyclic) bond motifs is 1. The lowest BCUT2D eigenvalue weighted by Crippen LogP contribution is -2.12. The van der Waals surface area contributed by atoms with Gasteiger partial charge in [0, 0.05) is 16.6 Å². The van der Waals surface area contributed by atoms with Gasteiger partial charge >= 0.3 is 0 Å². The first-order chi connectivity index (χ1) is 12.3. The molecular formula is C21H16N2O2. The Morgan fingerprint density at radius 3 is 2.24 bits per heavy atom. The van der Waals surface area contributed by atoms with Gasteiger partial charge in [0.25, 0.3) is 5.91 Å². The summed E-state index contributed by atoms with van der Waals surface area (Å²) in [6.45, 7) is 0. The second-order valence-corrected chi connectivity index (χ2v) is 5.66. The molecular weight excluding hydrogens is 312 g/mol. The molecule has 0 aliphatic rings. The van der Waals surface area contributed by atoms with Crippen molar-refractivity contribution >= 4 is 22.5 Å². The Hall–Kier alpha value is -3.53. The van der Waals surface area contributed by atoms with E-state index in [1.807, 2.05) is 84.9 Å². The molecule has 0 aliphatic carbocycles. The van der Waals surface area contributed by atoms with Crippen LogP contribution in [0.2, 0.25) is 0 Å². The number of aromatic amines is 1. The first-order valence-electron chi connectivity index (χ1n) is 8.00. The van der Waals surface area contributed by atoms with E-state index in [1.54, 1.807) is 0 Å². The van der Waals surface area contributed by atoms with Crippen LogP contribution >= 0.6 is 0 Å². The summed E-state index contributed by atoms with van der Waals surface area (Å²) in [7, 11) is 0. The van der Waals surface area contributed by atoms with Gasteiger partial charge in [-0.1, -0.05) is 36.4 Å². The Kier molecular flexibility index (Phi) is 3.92. The molecule has 0 bridgehead atoms. The maximum absolute atomic E-state index is 12.4. The number of benzene rings is 3. The van der Waals surface area contributed by atoms with Crippen molar-refractivity contribution in [2.24, 2.45) is 0 Å². The number of carbonyl (C=O) groups excluding carboxylic acids is 1. The Bertz CT molecular complexity index is 972. The van der Waals surface area contributed by atoms with Crippen LogP contribution in [-0.4, -0.2) is 10.9 Å². The van der Waals surface area contributed by atoms with Crippen LogP contribution in [0.25, 0.3) is 10.9 Å². The van der Waals surface area contributed by atoms with E-state index in [1.165, 1.54) is 0 Å². The minimum absolute atomic E-state index is 0.173. The maximum Gasteiger partial charge on any atom is 0.272 e. The van der Waals surface area contributed by atoms with Crippen LogP contribution in [0.5, 0.6) is 11.5 Å². The van der Waals surface area contributed by atoms with E-state index in [2.05, 4.69) is 10.3 Å². The zero-order chi connectivity index (χ0) is 17.1. The summed E-state index contributed by atoms with van der Waals surface area (Å²) in [4.78, 5) is 15.5. The van der Waals surface area contributed by atoms with E-state index in [0.29, 0.717) is 11.4 Å². The van der Waals surface area contributed by atoms with Crippen molar-refractivity contribution < 1.29 is 9.53 Å². The van der Waals surface area contributed by atoms with Gasteiger partial charge in [0.1, 0.15) is 17.2 Å². The van der Waals surface area contributed by atoms with Crippen LogP contribution in [0.3, 0.4) is 0 Å². The Morgan fingerprint density at radius 2 is 1.48 bits per heavy atom. The van der Waals surface area contributed by atoms with Gasteiger partial charge < -0.3 is 15.0 Å². The second-order valence-electron chi connectivity index (χ2n) is 5.66. The van der Waals surface area contributed by atoms with Crippen molar-refractivity contribution in [2.45, 2.75) is 0 Å². The van der Waals surface area contributed by atoms with Crippen LogP contribution in [0.4, 0.5) is 5.69 Å². The van der Waals surface area contributed by atoms with E-state index in [-0.39, 0.29) is 5.91 Å². The van der Waals surface area contributed by atoms with Gasteiger partial charge in [-0.2, -0.15) is 0 Å². The molecule has 0 saturated carbocycles. The van der Waals surface area contributed by atoms with E-state index in [0.717, 1.165) is 22.4 Å². The number of nitrogens with one attached hydrogen (secondary N) is 2. The molecule has 122 valence electrons. The van der Waals surface area contributed by atoms with Crippen molar-refractivity contribution in [1.29, 1.82) is 0 Å². The second kappa shape index (κ2) is 6.53. The number of H-pyrrole nitrogens is 1. The summed E-state index contributed by atoms with van der Waals surface area (Å²) in [6.07, 6.45) is 0. The van der Waals surface area contributed by atoms with Crippen molar-refractivity contribution in [1.82, 2.24) is 4.98 Å². The smallest absolute Gasteiger partial charge is 0.272 e. The number of para-hydroxylation sites is 2. The molecule has 0 unspecified atom stereocenters. The van der Waals surface area contributed by atoms with E-state index < -0.39 is 0 Å². The SMILES string of the molecule is O=C(Nc1ccc(Oc2ccccc2)cc1)c1cc2ccccc2[nH]1. The predicted octanol–water partition coefficient (Wildman–Crippen LogP) is 5.21. The molecule has 4 heteroatoms. The standard InChI is InChI=1S/C21H16N2O2/c24-21(20-14-15-6-4-5-9-19(15)23-20)22-16-10-12-18(13-11-16)25-17-7-2-1-3-8-17/h1-14,23H,(H,22,24). The molecule has 0 fully saturated rings. The van der Waals surface area contributed by atoms with Crippen molar-refractivity contribution in [3.8, 4) is 11.5 Å². The third-order valence-electron chi connectivity index (χ3n) is 3.87. The highest BCUT2D eigenvalue weighted by Gasteiger charge is 2.09. The van der Waals surface area contributed by atoms with E-state index in [9.17, 15) is 4.79 Å². The van der Waals surface area contributed by atoms with Gasteiger partial charge in [-0.3, -0.25) is 4.79 Å². The number of aromatic nitrogens is 1. The topological polar surface area (TPSA) is 54.1 Å². The number of ether oxygens (including phenoxy) is 1. The first-order valence-corrected chi connectivity index (χ1v) is 8.00. The number of hydrogen-bond donors (Lipinski definition) is 2. The van der Waals surface area contributed by atoms with Gasteiger partial charge in [-0.05, 0) is 48.5 Å². The summed E-state index contributed by atoms with van der Waals surface area (Å²) in [5.41, 5.74) is 2.19. The zero-order valence-electron chi connectivity index (χ0n) is 13.4. The number of anilines is 1. The fourth-order valence-electron chi connectivity index (χ4n) is 2.63. The molecule has 25 heavy (non-hydrogen) atoms. The average Bonchev–Trinajstić information content (AvgIpc) is 3.09. The van der Waals surface area contributed by atoms with Crippen molar-refractivity contribution in [3.63, 3.8) is 0 Å². The highest BCUT2D eigenvalue weighted by atomic mass is 16.5. The average molecular weight is 328 g/mol. The molecule has 0 radical (unpaired) electrons. The highest BCUT2D eigenvalue weighted by molar-refractivity contribution is 6.05. The molecule has 3 aromatic carbocycles. The Morgan fingerprint density at radius 1 is 0.800 bits per heavy atom. The van der Waals surface area contributed by atoms with Crippen molar-refractivity contribution in [3.05, 3.63) is 90.6 Å².